The van der Waals surface area contributed by atoms with Gasteiger partial charge in [0.15, 0.2) is 0 Å². The van der Waals surface area contributed by atoms with Crippen LogP contribution in [-0.4, -0.2) is 35.3 Å². The van der Waals surface area contributed by atoms with Gasteiger partial charge in [-0.3, -0.25) is 19.3 Å². The predicted molar refractivity (Wildman–Crippen MR) is 98.0 cm³/mol. The molecular formula is C19H15ClFN3O3. The first-order valence-electron chi connectivity index (χ1n) is 8.32. The maximum Gasteiger partial charge on any atom is 0.271 e. The highest BCUT2D eigenvalue weighted by atomic mass is 35.5. The smallest absolute Gasteiger partial charge is 0.271 e. The van der Waals surface area contributed by atoms with Gasteiger partial charge < -0.3 is 10.2 Å². The van der Waals surface area contributed by atoms with Crippen molar-refractivity contribution in [3.8, 4) is 0 Å². The van der Waals surface area contributed by atoms with Crippen molar-refractivity contribution in [1.29, 1.82) is 0 Å². The summed E-state index contributed by atoms with van der Waals surface area (Å²) in [4.78, 5) is 41.4. The average molecular weight is 388 g/mol. The third kappa shape index (κ3) is 2.49. The molecule has 0 aliphatic carbocycles. The highest BCUT2D eigenvalue weighted by Crippen LogP contribution is 2.44. The summed E-state index contributed by atoms with van der Waals surface area (Å²) in [6.07, 6.45) is 0.244. The van der Waals surface area contributed by atoms with Crippen molar-refractivity contribution in [1.82, 2.24) is 4.90 Å². The van der Waals surface area contributed by atoms with Crippen molar-refractivity contribution in [3.05, 3.63) is 58.9 Å². The Morgan fingerprint density at radius 1 is 1.22 bits per heavy atom. The van der Waals surface area contributed by atoms with E-state index in [9.17, 15) is 18.8 Å². The van der Waals surface area contributed by atoms with Gasteiger partial charge in [0.25, 0.3) is 11.8 Å². The number of anilines is 2. The highest BCUT2D eigenvalue weighted by Gasteiger charge is 2.59. The van der Waals surface area contributed by atoms with E-state index in [1.165, 1.54) is 47.2 Å². The van der Waals surface area contributed by atoms with E-state index in [1.807, 2.05) is 0 Å². The maximum atomic E-state index is 13.5. The SMILES string of the molecule is CN1C(=O)c2cc(Cl)ccc2N2C(=O)CCC12C(=O)Nc1cccc(F)c1. The highest BCUT2D eigenvalue weighted by molar-refractivity contribution is 6.31. The Labute approximate surface area is 159 Å². The van der Waals surface area contributed by atoms with E-state index in [4.69, 9.17) is 11.6 Å². The first-order valence-corrected chi connectivity index (χ1v) is 8.70. The minimum absolute atomic E-state index is 0.107. The zero-order valence-corrected chi connectivity index (χ0v) is 15.1. The van der Waals surface area contributed by atoms with Crippen LogP contribution in [0.5, 0.6) is 0 Å². The Bertz CT molecular complexity index is 996. The molecule has 0 aromatic heterocycles. The van der Waals surface area contributed by atoms with Gasteiger partial charge in [0.2, 0.25) is 11.6 Å². The fourth-order valence-corrected chi connectivity index (χ4v) is 3.92. The molecule has 0 bridgehead atoms. The van der Waals surface area contributed by atoms with Gasteiger partial charge in [-0.2, -0.15) is 0 Å². The van der Waals surface area contributed by atoms with E-state index < -0.39 is 23.3 Å². The van der Waals surface area contributed by atoms with Crippen molar-refractivity contribution < 1.29 is 18.8 Å². The summed E-state index contributed by atoms with van der Waals surface area (Å²) in [6.45, 7) is 0. The van der Waals surface area contributed by atoms with E-state index in [2.05, 4.69) is 5.32 Å². The number of halogens is 2. The summed E-state index contributed by atoms with van der Waals surface area (Å²) in [5, 5.41) is 3.00. The molecule has 1 N–H and O–H groups in total. The molecule has 0 spiro atoms. The van der Waals surface area contributed by atoms with Gasteiger partial charge in [-0.25, -0.2) is 4.39 Å². The van der Waals surface area contributed by atoms with Gasteiger partial charge in [0, 0.05) is 30.6 Å². The summed E-state index contributed by atoms with van der Waals surface area (Å²) in [6, 6.07) is 10.1. The number of nitrogens with one attached hydrogen (secondary N) is 1. The van der Waals surface area contributed by atoms with Crippen molar-refractivity contribution >= 4 is 40.7 Å². The number of carbonyl (C=O) groups is 3. The molecule has 2 aliphatic rings. The predicted octanol–water partition coefficient (Wildman–Crippen LogP) is 3.03. The topological polar surface area (TPSA) is 69.7 Å². The number of likely N-dealkylation sites (N-methyl/N-ethyl adjacent to an activating group) is 1. The number of carbonyl (C=O) groups excluding carboxylic acids is 3. The standard InChI is InChI=1S/C19H15ClFN3O3/c1-23-17(26)14-9-11(20)5-6-15(14)24-16(25)7-8-19(23,24)18(27)22-13-4-2-3-12(21)10-13/h2-6,9-10H,7-8H2,1H3,(H,22,27). The number of nitrogens with zero attached hydrogens (tertiary/aromatic N) is 2. The van der Waals surface area contributed by atoms with E-state index in [0.29, 0.717) is 10.7 Å². The van der Waals surface area contributed by atoms with Crippen molar-refractivity contribution in [2.75, 3.05) is 17.3 Å². The minimum Gasteiger partial charge on any atom is -0.322 e. The fourth-order valence-electron chi connectivity index (χ4n) is 3.75. The average Bonchev–Trinajstić information content (AvgIpc) is 2.98. The molecule has 6 nitrogen and oxygen atoms in total. The lowest BCUT2D eigenvalue weighted by molar-refractivity contribution is -0.128. The van der Waals surface area contributed by atoms with E-state index >= 15 is 0 Å². The van der Waals surface area contributed by atoms with Crippen LogP contribution in [0, 0.1) is 5.82 Å². The second kappa shape index (κ2) is 6.06. The molecule has 1 atom stereocenters. The number of fused-ring (bicyclic) bond motifs is 3. The molecule has 3 amide bonds. The summed E-state index contributed by atoms with van der Waals surface area (Å²) in [5.74, 6) is -1.76. The second-order valence-corrected chi connectivity index (χ2v) is 6.97. The van der Waals surface area contributed by atoms with E-state index in [1.54, 1.807) is 12.1 Å². The summed E-state index contributed by atoms with van der Waals surface area (Å²) >= 11 is 6.00. The molecule has 0 radical (unpaired) electrons. The monoisotopic (exact) mass is 387 g/mol. The second-order valence-electron chi connectivity index (χ2n) is 6.54. The third-order valence-electron chi connectivity index (χ3n) is 5.04. The zero-order chi connectivity index (χ0) is 19.3. The van der Waals surface area contributed by atoms with Crippen molar-refractivity contribution in [3.63, 3.8) is 0 Å². The molecule has 2 aliphatic heterocycles. The molecule has 1 saturated heterocycles. The van der Waals surface area contributed by atoms with Gasteiger partial charge >= 0.3 is 0 Å². The Kier molecular flexibility index (Phi) is 3.92. The van der Waals surface area contributed by atoms with Gasteiger partial charge in [0.1, 0.15) is 5.82 Å². The summed E-state index contributed by atoms with van der Waals surface area (Å²) < 4.78 is 13.5. The zero-order valence-electron chi connectivity index (χ0n) is 14.3. The van der Waals surface area contributed by atoms with Crippen LogP contribution < -0.4 is 10.2 Å². The van der Waals surface area contributed by atoms with Gasteiger partial charge in [0.05, 0.1) is 11.3 Å². The lowest BCUT2D eigenvalue weighted by atomic mass is 9.96. The third-order valence-corrected chi connectivity index (χ3v) is 5.28. The lowest BCUT2D eigenvalue weighted by Gasteiger charge is -2.47. The number of hydrogen-bond acceptors (Lipinski definition) is 3. The maximum absolute atomic E-state index is 13.5. The van der Waals surface area contributed by atoms with Crippen LogP contribution in [0.1, 0.15) is 23.2 Å². The van der Waals surface area contributed by atoms with Crippen molar-refractivity contribution in [2.24, 2.45) is 0 Å². The number of rotatable bonds is 2. The van der Waals surface area contributed by atoms with Crippen molar-refractivity contribution in [2.45, 2.75) is 18.5 Å². The van der Waals surface area contributed by atoms with Gasteiger partial charge in [-0.05, 0) is 36.4 Å². The molecule has 4 rings (SSSR count). The van der Waals surface area contributed by atoms with Crippen LogP contribution in [0.4, 0.5) is 15.8 Å². The molecule has 2 aromatic carbocycles. The quantitative estimate of drug-likeness (QED) is 0.861. The molecule has 8 heteroatoms. The first kappa shape index (κ1) is 17.5. The molecular weight excluding hydrogens is 373 g/mol. The van der Waals surface area contributed by atoms with Gasteiger partial charge in [-0.15, -0.1) is 0 Å². The Hall–Kier alpha value is -2.93. The van der Waals surface area contributed by atoms with E-state index in [0.717, 1.165) is 0 Å². The van der Waals surface area contributed by atoms with Crippen LogP contribution in [0.15, 0.2) is 42.5 Å². The summed E-state index contributed by atoms with van der Waals surface area (Å²) in [7, 11) is 1.48. The fraction of sp³-hybridized carbons (Fsp3) is 0.211. The summed E-state index contributed by atoms with van der Waals surface area (Å²) in [5.41, 5.74) is -0.661. The van der Waals surface area contributed by atoms with E-state index in [-0.39, 0.29) is 30.0 Å². The Balaban J connectivity index is 1.82. The number of hydrogen-bond donors (Lipinski definition) is 1. The molecule has 138 valence electrons. The lowest BCUT2D eigenvalue weighted by Crippen LogP contribution is -2.68. The van der Waals surface area contributed by atoms with Crippen LogP contribution in [0.3, 0.4) is 0 Å². The molecule has 27 heavy (non-hydrogen) atoms. The Morgan fingerprint density at radius 2 is 2.00 bits per heavy atom. The normalized spacial score (nSPS) is 21.1. The van der Waals surface area contributed by atoms with Crippen LogP contribution >= 0.6 is 11.6 Å². The molecule has 0 saturated carbocycles. The molecule has 2 aromatic rings. The molecule has 1 unspecified atom stereocenters. The first-order chi connectivity index (χ1) is 12.8. The largest absolute Gasteiger partial charge is 0.322 e. The van der Waals surface area contributed by atoms with Gasteiger partial charge in [-0.1, -0.05) is 17.7 Å². The number of benzene rings is 2. The Morgan fingerprint density at radius 3 is 2.74 bits per heavy atom. The van der Waals surface area contributed by atoms with Crippen LogP contribution in [0.25, 0.3) is 0 Å². The number of amides is 3. The molecule has 2 heterocycles. The molecule has 1 fully saturated rings. The van der Waals surface area contributed by atoms with Crippen LogP contribution in [0.2, 0.25) is 5.02 Å². The minimum atomic E-state index is -1.51. The van der Waals surface area contributed by atoms with Crippen LogP contribution in [-0.2, 0) is 9.59 Å².